The van der Waals surface area contributed by atoms with Crippen molar-refractivity contribution in [3.8, 4) is 5.75 Å². The number of carboxylic acid groups (broad SMARTS) is 1. The summed E-state index contributed by atoms with van der Waals surface area (Å²) in [5.41, 5.74) is 1.46. The van der Waals surface area contributed by atoms with Crippen LogP contribution in [0.4, 0.5) is 0 Å². The molecule has 1 aromatic rings. The summed E-state index contributed by atoms with van der Waals surface area (Å²) in [5.74, 6) is -1.66. The lowest BCUT2D eigenvalue weighted by Gasteiger charge is -2.46. The predicted octanol–water partition coefficient (Wildman–Crippen LogP) is 6.03. The van der Waals surface area contributed by atoms with Crippen molar-refractivity contribution in [1.82, 2.24) is 0 Å². The van der Waals surface area contributed by atoms with Gasteiger partial charge >= 0.3 is 5.97 Å². The molecule has 240 valence electrons. The first kappa shape index (κ1) is 35.3. The molecular weight excluding hydrogens is 556 g/mol. The number of aromatic hydroxyl groups is 1. The Balaban J connectivity index is 1.74. The summed E-state index contributed by atoms with van der Waals surface area (Å²) in [6, 6.07) is 6.68. The predicted molar refractivity (Wildman–Crippen MR) is 174 cm³/mol. The van der Waals surface area contributed by atoms with Gasteiger partial charge in [-0.2, -0.15) is 0 Å². The molecule has 0 aromatic heterocycles. The van der Waals surface area contributed by atoms with Crippen LogP contribution in [-0.2, 0) is 4.79 Å². The van der Waals surface area contributed by atoms with E-state index >= 15 is 0 Å². The lowest BCUT2D eigenvalue weighted by atomic mass is 9.59. The van der Waals surface area contributed by atoms with E-state index in [2.05, 4.69) is 32.9 Å². The fourth-order valence-corrected chi connectivity index (χ4v) is 7.25. The van der Waals surface area contributed by atoms with E-state index < -0.39 is 35.8 Å². The number of benzene rings is 1. The van der Waals surface area contributed by atoms with Gasteiger partial charge in [0, 0.05) is 29.7 Å². The maximum absolute atomic E-state index is 11.8. The van der Waals surface area contributed by atoms with Crippen molar-refractivity contribution in [2.45, 2.75) is 78.3 Å². The number of carbonyl (C=O) groups is 1. The average Bonchev–Trinajstić information content (AvgIpc) is 3.14. The summed E-state index contributed by atoms with van der Waals surface area (Å²) in [5, 5.41) is 62.7. The van der Waals surface area contributed by atoms with Gasteiger partial charge < -0.3 is 30.6 Å². The standard InChI is InChI=1S/C37H50O7/c1-23(14-20-32(41)42)13-19-31(40)25(3)30(39)12-10-8-7-9-11-28-24(2)21-29-34(36(4,5)22-37(29,6)44)33(28)35(43)26-15-17-27(38)18-16-26/h7-18,20-21,25,28-31,33-35,38-40,43-44H,19,22H2,1-6H3,(H,41,42)/t25-,28-,29+,30-,31-,33-,34-,35+,37+/m0/s1. The first-order chi connectivity index (χ1) is 20.5. The Morgan fingerprint density at radius 3 is 2.30 bits per heavy atom. The van der Waals surface area contributed by atoms with Gasteiger partial charge in [0.1, 0.15) is 5.75 Å². The number of fused-ring (bicyclic) bond motifs is 1. The first-order valence-corrected chi connectivity index (χ1v) is 15.4. The van der Waals surface area contributed by atoms with Crippen LogP contribution < -0.4 is 0 Å². The SMILES string of the molecule is CC(C=CC(=O)O)=CC[C@H](O)[C@@H](C)[C@@H](O)C=CC=CC=C[C@H]1C(C)=C[C@@H]2[C@@H]([C@H]1[C@H](O)c1ccc(O)cc1)C(C)(C)C[C@@]2(C)O. The molecule has 6 N–H and O–H groups in total. The Morgan fingerprint density at radius 2 is 1.66 bits per heavy atom. The molecule has 0 bridgehead atoms. The second-order valence-corrected chi connectivity index (χ2v) is 13.6. The minimum absolute atomic E-state index is 0.0263. The first-order valence-electron chi connectivity index (χ1n) is 15.4. The van der Waals surface area contributed by atoms with E-state index in [1.807, 2.05) is 19.1 Å². The van der Waals surface area contributed by atoms with Crippen LogP contribution in [0.3, 0.4) is 0 Å². The van der Waals surface area contributed by atoms with Gasteiger partial charge in [-0.25, -0.2) is 4.79 Å². The number of carboxylic acids is 1. The topological polar surface area (TPSA) is 138 Å². The van der Waals surface area contributed by atoms with Crippen LogP contribution in [0.15, 0.2) is 96.2 Å². The Labute approximate surface area is 262 Å². The summed E-state index contributed by atoms with van der Waals surface area (Å²) >= 11 is 0. The third-order valence-electron chi connectivity index (χ3n) is 9.49. The molecule has 2 aliphatic rings. The fourth-order valence-electron chi connectivity index (χ4n) is 7.25. The molecule has 0 saturated heterocycles. The van der Waals surface area contributed by atoms with E-state index in [4.69, 9.17) is 5.11 Å². The molecule has 0 amide bonds. The maximum Gasteiger partial charge on any atom is 0.328 e. The van der Waals surface area contributed by atoms with Crippen molar-refractivity contribution < 1.29 is 35.4 Å². The molecule has 0 unspecified atom stereocenters. The van der Waals surface area contributed by atoms with E-state index in [0.29, 0.717) is 12.8 Å². The van der Waals surface area contributed by atoms with Crippen molar-refractivity contribution in [2.24, 2.45) is 35.0 Å². The van der Waals surface area contributed by atoms with Crippen LogP contribution in [-0.4, -0.2) is 54.4 Å². The molecule has 7 nitrogen and oxygen atoms in total. The maximum atomic E-state index is 11.8. The number of allylic oxidation sites excluding steroid dienone is 8. The lowest BCUT2D eigenvalue weighted by molar-refractivity contribution is -0.131. The monoisotopic (exact) mass is 606 g/mol. The second kappa shape index (κ2) is 14.7. The highest BCUT2D eigenvalue weighted by atomic mass is 16.4. The molecule has 1 fully saturated rings. The highest BCUT2D eigenvalue weighted by Gasteiger charge is 2.59. The summed E-state index contributed by atoms with van der Waals surface area (Å²) in [6.45, 7) is 11.8. The zero-order valence-electron chi connectivity index (χ0n) is 26.7. The van der Waals surface area contributed by atoms with Crippen LogP contribution in [0.1, 0.15) is 66.1 Å². The van der Waals surface area contributed by atoms with Gasteiger partial charge in [0.15, 0.2) is 0 Å². The molecule has 0 aliphatic heterocycles. The molecule has 0 heterocycles. The minimum atomic E-state index is -1.03. The normalized spacial score (nSPS) is 30.1. The quantitative estimate of drug-likeness (QED) is 0.0970. The summed E-state index contributed by atoms with van der Waals surface area (Å²) in [6.07, 6.45) is 15.9. The van der Waals surface area contributed by atoms with Gasteiger partial charge in [-0.15, -0.1) is 0 Å². The van der Waals surface area contributed by atoms with Gasteiger partial charge in [0.05, 0.1) is 23.9 Å². The van der Waals surface area contributed by atoms with Crippen molar-refractivity contribution in [1.29, 1.82) is 0 Å². The fraction of sp³-hybridized carbons (Fsp3) is 0.486. The van der Waals surface area contributed by atoms with E-state index in [1.165, 1.54) is 6.08 Å². The third-order valence-corrected chi connectivity index (χ3v) is 9.49. The van der Waals surface area contributed by atoms with Gasteiger partial charge in [0.2, 0.25) is 0 Å². The molecule has 3 rings (SSSR count). The van der Waals surface area contributed by atoms with Crippen LogP contribution >= 0.6 is 0 Å². The summed E-state index contributed by atoms with van der Waals surface area (Å²) < 4.78 is 0. The number of phenolic OH excluding ortho intramolecular Hbond substituents is 1. The van der Waals surface area contributed by atoms with Gasteiger partial charge in [-0.3, -0.25) is 0 Å². The second-order valence-electron chi connectivity index (χ2n) is 13.6. The third kappa shape index (κ3) is 8.69. The van der Waals surface area contributed by atoms with Crippen LogP contribution in [0.2, 0.25) is 0 Å². The number of rotatable bonds is 12. The van der Waals surface area contributed by atoms with E-state index in [1.54, 1.807) is 62.4 Å². The molecule has 9 atom stereocenters. The molecule has 2 aliphatic carbocycles. The molecule has 1 aromatic carbocycles. The van der Waals surface area contributed by atoms with Crippen LogP contribution in [0, 0.1) is 35.0 Å². The number of hydrogen-bond donors (Lipinski definition) is 6. The Bertz CT molecular complexity index is 1310. The highest BCUT2D eigenvalue weighted by Crippen LogP contribution is 2.62. The number of aliphatic carboxylic acids is 1. The zero-order chi connectivity index (χ0) is 32.8. The van der Waals surface area contributed by atoms with Gasteiger partial charge in [-0.1, -0.05) is 98.7 Å². The van der Waals surface area contributed by atoms with E-state index in [9.17, 15) is 30.3 Å². The number of phenols is 1. The number of aliphatic hydroxyl groups is 4. The van der Waals surface area contributed by atoms with Crippen molar-refractivity contribution in [3.05, 3.63) is 102 Å². The van der Waals surface area contributed by atoms with Gasteiger partial charge in [0.25, 0.3) is 0 Å². The Kier molecular flexibility index (Phi) is 11.8. The smallest absolute Gasteiger partial charge is 0.328 e. The molecular formula is C37H50O7. The highest BCUT2D eigenvalue weighted by molar-refractivity contribution is 5.80. The van der Waals surface area contributed by atoms with Crippen molar-refractivity contribution >= 4 is 5.97 Å². The van der Waals surface area contributed by atoms with Crippen LogP contribution in [0.25, 0.3) is 0 Å². The zero-order valence-corrected chi connectivity index (χ0v) is 26.7. The Hall–Kier alpha value is -3.23. The largest absolute Gasteiger partial charge is 0.508 e. The number of aliphatic hydroxyl groups excluding tert-OH is 3. The number of hydrogen-bond acceptors (Lipinski definition) is 6. The summed E-state index contributed by atoms with van der Waals surface area (Å²) in [7, 11) is 0. The van der Waals surface area contributed by atoms with E-state index in [0.717, 1.165) is 22.8 Å². The molecule has 0 spiro atoms. The lowest BCUT2D eigenvalue weighted by Crippen LogP contribution is -2.43. The minimum Gasteiger partial charge on any atom is -0.508 e. The molecule has 1 saturated carbocycles. The molecule has 7 heteroatoms. The summed E-state index contributed by atoms with van der Waals surface area (Å²) in [4.78, 5) is 10.6. The molecule has 0 radical (unpaired) electrons. The Morgan fingerprint density at radius 1 is 1.02 bits per heavy atom. The molecule has 44 heavy (non-hydrogen) atoms. The van der Waals surface area contributed by atoms with Crippen molar-refractivity contribution in [2.75, 3.05) is 0 Å². The van der Waals surface area contributed by atoms with E-state index in [-0.39, 0.29) is 34.8 Å². The van der Waals surface area contributed by atoms with Crippen molar-refractivity contribution in [3.63, 3.8) is 0 Å². The van der Waals surface area contributed by atoms with Gasteiger partial charge in [-0.05, 0) is 62.6 Å². The van der Waals surface area contributed by atoms with Crippen LogP contribution in [0.5, 0.6) is 5.75 Å². The average molecular weight is 607 g/mol.